The number of hydrogen-bond donors (Lipinski definition) is 6. The third-order valence-electron chi connectivity index (χ3n) is 6.89. The van der Waals surface area contributed by atoms with Crippen molar-refractivity contribution in [2.24, 2.45) is 11.5 Å². The predicted octanol–water partition coefficient (Wildman–Crippen LogP) is -0.746. The van der Waals surface area contributed by atoms with E-state index in [1.54, 1.807) is 18.2 Å². The van der Waals surface area contributed by atoms with Gasteiger partial charge in [-0.3, -0.25) is 14.2 Å². The van der Waals surface area contributed by atoms with Crippen LogP contribution in [0.25, 0.3) is 11.2 Å². The first-order valence-corrected chi connectivity index (χ1v) is 12.7. The third-order valence-corrected chi connectivity index (χ3v) is 6.89. The highest BCUT2D eigenvalue weighted by Crippen LogP contribution is 2.32. The Bertz CT molecular complexity index is 1300. The number of benzene rings is 1. The molecule has 14 nitrogen and oxygen atoms in total. The molecular formula is C25H34N8O6. The molecule has 1 aliphatic rings. The van der Waals surface area contributed by atoms with E-state index in [4.69, 9.17) is 27.0 Å². The highest BCUT2D eigenvalue weighted by Gasteiger charge is 2.44. The Morgan fingerprint density at radius 1 is 1.13 bits per heavy atom. The van der Waals surface area contributed by atoms with Crippen LogP contribution < -0.4 is 17.2 Å². The number of imidazole rings is 1. The molecule has 3 aromatic rings. The summed E-state index contributed by atoms with van der Waals surface area (Å²) >= 11 is 0. The van der Waals surface area contributed by atoms with Crippen LogP contribution in [0, 0.1) is 0 Å². The number of aryl methyl sites for hydroxylation is 1. The average molecular weight is 543 g/mol. The number of nitrogens with two attached hydrogens (primary N) is 3. The molecule has 1 fully saturated rings. The molecule has 3 heterocycles. The number of fused-ring (bicyclic) bond motifs is 1. The average Bonchev–Trinajstić information content (AvgIpc) is 3.46. The second kappa shape index (κ2) is 12.4. The van der Waals surface area contributed by atoms with Crippen molar-refractivity contribution in [2.75, 3.05) is 25.4 Å². The number of hydrogen-bond acceptors (Lipinski definition) is 11. The fraction of sp³-hybridized carbons (Fsp3) is 0.480. The number of anilines is 1. The van der Waals surface area contributed by atoms with Crippen molar-refractivity contribution in [3.63, 3.8) is 0 Å². The largest absolute Gasteiger partial charge is 0.480 e. The van der Waals surface area contributed by atoms with E-state index in [0.717, 1.165) is 5.56 Å². The number of carbonyl (C=O) groups is 2. The van der Waals surface area contributed by atoms with E-state index in [1.165, 1.54) is 17.2 Å². The second-order valence-electron chi connectivity index (χ2n) is 9.68. The van der Waals surface area contributed by atoms with Crippen LogP contribution in [0.3, 0.4) is 0 Å². The van der Waals surface area contributed by atoms with Gasteiger partial charge in [-0.1, -0.05) is 12.1 Å². The summed E-state index contributed by atoms with van der Waals surface area (Å²) in [6.45, 7) is 1.38. The Labute approximate surface area is 224 Å². The zero-order valence-corrected chi connectivity index (χ0v) is 21.3. The number of amides is 1. The molecule has 0 bridgehead atoms. The van der Waals surface area contributed by atoms with Gasteiger partial charge in [-0.15, -0.1) is 0 Å². The predicted molar refractivity (Wildman–Crippen MR) is 140 cm³/mol. The van der Waals surface area contributed by atoms with Gasteiger partial charge in [-0.25, -0.2) is 15.0 Å². The minimum atomic E-state index is -1.25. The molecule has 0 aliphatic carbocycles. The quantitative estimate of drug-likeness (QED) is 0.157. The zero-order chi connectivity index (χ0) is 28.1. The molecule has 0 radical (unpaired) electrons. The molecule has 14 heteroatoms. The van der Waals surface area contributed by atoms with Crippen LogP contribution in [0.2, 0.25) is 0 Å². The number of ether oxygens (including phenoxy) is 1. The van der Waals surface area contributed by atoms with E-state index in [-0.39, 0.29) is 18.8 Å². The van der Waals surface area contributed by atoms with Gasteiger partial charge in [0.1, 0.15) is 36.2 Å². The van der Waals surface area contributed by atoms with E-state index in [2.05, 4.69) is 15.0 Å². The van der Waals surface area contributed by atoms with Crippen LogP contribution in [-0.2, 0) is 16.0 Å². The number of nitrogens with zero attached hydrogens (tertiary/aromatic N) is 5. The summed E-state index contributed by atoms with van der Waals surface area (Å²) < 4.78 is 7.61. The molecule has 1 saturated heterocycles. The van der Waals surface area contributed by atoms with Gasteiger partial charge in [0.15, 0.2) is 17.7 Å². The first-order valence-electron chi connectivity index (χ1n) is 12.7. The van der Waals surface area contributed by atoms with Gasteiger partial charge < -0.3 is 42.2 Å². The van der Waals surface area contributed by atoms with Gasteiger partial charge in [-0.05, 0) is 56.5 Å². The van der Waals surface area contributed by atoms with Crippen molar-refractivity contribution < 1.29 is 29.6 Å². The van der Waals surface area contributed by atoms with Crippen molar-refractivity contribution in [2.45, 2.75) is 56.3 Å². The monoisotopic (exact) mass is 542 g/mol. The van der Waals surface area contributed by atoms with Crippen LogP contribution in [0.1, 0.15) is 41.4 Å². The molecule has 9 N–H and O–H groups in total. The van der Waals surface area contributed by atoms with Crippen LogP contribution >= 0.6 is 0 Å². The number of aliphatic carboxylic acids is 1. The Morgan fingerprint density at radius 3 is 2.64 bits per heavy atom. The lowest BCUT2D eigenvalue weighted by atomic mass is 10.1. The van der Waals surface area contributed by atoms with E-state index >= 15 is 0 Å². The Kier molecular flexibility index (Phi) is 9.04. The van der Waals surface area contributed by atoms with Crippen molar-refractivity contribution in [3.05, 3.63) is 48.0 Å². The number of primary amides is 1. The number of aliphatic hydroxyl groups is 2. The summed E-state index contributed by atoms with van der Waals surface area (Å²) in [5.74, 6) is -1.36. The van der Waals surface area contributed by atoms with Gasteiger partial charge >= 0.3 is 5.97 Å². The Balaban J connectivity index is 1.43. The summed E-state index contributed by atoms with van der Waals surface area (Å²) in [6, 6.07) is 6.15. The molecule has 1 aromatic carbocycles. The minimum absolute atomic E-state index is 0.190. The standard InChI is InChI=1S/C25H34N8O6/c26-16(25(37)38)7-3-9-32(8-2-5-14-4-1-6-15(10-14)22(28)36)11-17-19(34)20(35)24(39-17)33-13-31-18-21(27)29-12-30-23(18)33/h1,4,6,10,12-13,16-17,19-20,24,34-35H,2-3,5,7-9,11,26H2,(H2,28,36)(H,37,38)(H2,27,29,30)/t16-,17+,19+,20+,24+/m0/s1. The van der Waals surface area contributed by atoms with Gasteiger partial charge in [0.25, 0.3) is 0 Å². The molecule has 0 spiro atoms. The maximum atomic E-state index is 11.5. The summed E-state index contributed by atoms with van der Waals surface area (Å²) in [6.07, 6.45) is 0.784. The van der Waals surface area contributed by atoms with Gasteiger partial charge in [0, 0.05) is 12.1 Å². The van der Waals surface area contributed by atoms with Crippen molar-refractivity contribution in [3.8, 4) is 0 Å². The lowest BCUT2D eigenvalue weighted by molar-refractivity contribution is -0.138. The summed E-state index contributed by atoms with van der Waals surface area (Å²) in [5.41, 5.74) is 19.1. The first kappa shape index (κ1) is 28.3. The van der Waals surface area contributed by atoms with Crippen LogP contribution in [-0.4, -0.2) is 95.6 Å². The molecular weight excluding hydrogens is 508 g/mol. The highest BCUT2D eigenvalue weighted by molar-refractivity contribution is 5.92. The summed E-state index contributed by atoms with van der Waals surface area (Å²) in [5, 5.41) is 30.8. The second-order valence-corrected chi connectivity index (χ2v) is 9.68. The first-order chi connectivity index (χ1) is 18.7. The van der Waals surface area contributed by atoms with E-state index in [0.29, 0.717) is 49.1 Å². The molecule has 4 rings (SSSR count). The highest BCUT2D eigenvalue weighted by atomic mass is 16.6. The number of carboxylic acids is 1. The summed E-state index contributed by atoms with van der Waals surface area (Å²) in [4.78, 5) is 37.0. The van der Waals surface area contributed by atoms with Crippen LogP contribution in [0.5, 0.6) is 0 Å². The Hall–Kier alpha value is -3.69. The molecule has 0 unspecified atom stereocenters. The van der Waals surface area contributed by atoms with Crippen molar-refractivity contribution >= 4 is 28.9 Å². The molecule has 2 aromatic heterocycles. The lowest BCUT2D eigenvalue weighted by Crippen LogP contribution is -2.41. The number of nitrogen functional groups attached to an aromatic ring is 1. The lowest BCUT2D eigenvalue weighted by Gasteiger charge is -2.27. The molecule has 0 saturated carbocycles. The maximum absolute atomic E-state index is 11.5. The minimum Gasteiger partial charge on any atom is -0.480 e. The molecule has 5 atom stereocenters. The molecule has 1 aliphatic heterocycles. The molecule has 39 heavy (non-hydrogen) atoms. The normalized spacial score (nSPS) is 21.9. The van der Waals surface area contributed by atoms with Crippen molar-refractivity contribution in [1.82, 2.24) is 24.4 Å². The summed E-state index contributed by atoms with van der Waals surface area (Å²) in [7, 11) is 0. The third kappa shape index (κ3) is 6.66. The van der Waals surface area contributed by atoms with Crippen LogP contribution in [0.4, 0.5) is 5.82 Å². The number of carboxylic acid groups (broad SMARTS) is 1. The molecule has 210 valence electrons. The van der Waals surface area contributed by atoms with Gasteiger partial charge in [-0.2, -0.15) is 0 Å². The fourth-order valence-electron chi connectivity index (χ4n) is 4.76. The topological polar surface area (TPSA) is 229 Å². The van der Waals surface area contributed by atoms with Crippen molar-refractivity contribution in [1.29, 1.82) is 0 Å². The molecule has 1 amide bonds. The number of aromatic nitrogens is 4. The van der Waals surface area contributed by atoms with E-state index in [9.17, 15) is 19.8 Å². The number of carbonyl (C=O) groups excluding carboxylic acids is 1. The fourth-order valence-corrected chi connectivity index (χ4v) is 4.76. The van der Waals surface area contributed by atoms with Crippen LogP contribution in [0.15, 0.2) is 36.9 Å². The SMILES string of the molecule is NC(=O)c1cccc(CCCN(CCC[C@H](N)C(=O)O)C[C@H]2O[C@@H](n3cnc4c(N)ncnc43)[C@H](O)[C@@H]2O)c1. The Morgan fingerprint density at radius 2 is 1.90 bits per heavy atom. The van der Waals surface area contributed by atoms with Gasteiger partial charge in [0.05, 0.1) is 6.33 Å². The smallest absolute Gasteiger partial charge is 0.320 e. The maximum Gasteiger partial charge on any atom is 0.320 e. The zero-order valence-electron chi connectivity index (χ0n) is 21.3. The number of rotatable bonds is 13. The van der Waals surface area contributed by atoms with Gasteiger partial charge in [0.2, 0.25) is 5.91 Å². The van der Waals surface area contributed by atoms with E-state index in [1.807, 2.05) is 11.0 Å². The number of aliphatic hydroxyl groups excluding tert-OH is 2. The van der Waals surface area contributed by atoms with E-state index < -0.39 is 42.5 Å².